The summed E-state index contributed by atoms with van der Waals surface area (Å²) < 4.78 is 27.0. The molecule has 1 aromatic heterocycles. The van der Waals surface area contributed by atoms with E-state index in [4.69, 9.17) is 0 Å². The third-order valence-electron chi connectivity index (χ3n) is 4.00. The van der Waals surface area contributed by atoms with Crippen LogP contribution in [0.2, 0.25) is 0 Å². The first-order valence-electron chi connectivity index (χ1n) is 7.30. The lowest BCUT2D eigenvalue weighted by molar-refractivity contribution is 0.407. The molecule has 0 amide bonds. The van der Waals surface area contributed by atoms with Crippen LogP contribution < -0.4 is 5.32 Å². The van der Waals surface area contributed by atoms with Gasteiger partial charge in [0.2, 0.25) is 10.0 Å². The zero-order valence-corrected chi connectivity index (χ0v) is 13.9. The molecule has 6 heteroatoms. The summed E-state index contributed by atoms with van der Waals surface area (Å²) in [5.74, 6) is 0.678. The van der Waals surface area contributed by atoms with Gasteiger partial charge in [-0.05, 0) is 38.3 Å². The van der Waals surface area contributed by atoms with Gasteiger partial charge in [-0.15, -0.1) is 11.3 Å². The van der Waals surface area contributed by atoms with Crippen LogP contribution in [0.4, 0.5) is 0 Å². The molecule has 0 spiro atoms. The molecule has 2 rings (SSSR count). The quantitative estimate of drug-likeness (QED) is 0.908. The predicted molar refractivity (Wildman–Crippen MR) is 83.5 cm³/mol. The Morgan fingerprint density at radius 3 is 2.90 bits per heavy atom. The average molecular weight is 316 g/mol. The van der Waals surface area contributed by atoms with Crippen molar-refractivity contribution >= 4 is 21.4 Å². The Balaban J connectivity index is 2.12. The van der Waals surface area contributed by atoms with Crippen molar-refractivity contribution in [2.24, 2.45) is 5.92 Å². The SMILES string of the molecule is CCC1CCCN(S(=O)(=O)c2csc(CNC)c2)CC1. The van der Waals surface area contributed by atoms with Crippen LogP contribution >= 0.6 is 11.3 Å². The third-order valence-corrected chi connectivity index (χ3v) is 6.96. The van der Waals surface area contributed by atoms with Crippen molar-refractivity contribution in [3.63, 3.8) is 0 Å². The second-order valence-corrected chi connectivity index (χ2v) is 8.32. The Kier molecular flexibility index (Phi) is 5.60. The third kappa shape index (κ3) is 3.61. The second kappa shape index (κ2) is 7.02. The Morgan fingerprint density at radius 1 is 1.40 bits per heavy atom. The van der Waals surface area contributed by atoms with Gasteiger partial charge in [0, 0.05) is 29.9 Å². The number of hydrogen-bond acceptors (Lipinski definition) is 4. The van der Waals surface area contributed by atoms with E-state index < -0.39 is 10.0 Å². The minimum Gasteiger partial charge on any atom is -0.315 e. The van der Waals surface area contributed by atoms with Gasteiger partial charge in [0.1, 0.15) is 0 Å². The predicted octanol–water partition coefficient (Wildman–Crippen LogP) is 2.67. The molecule has 114 valence electrons. The van der Waals surface area contributed by atoms with E-state index in [9.17, 15) is 8.42 Å². The molecule has 0 aliphatic carbocycles. The molecule has 4 nitrogen and oxygen atoms in total. The van der Waals surface area contributed by atoms with Crippen LogP contribution in [0.15, 0.2) is 16.3 Å². The maximum Gasteiger partial charge on any atom is 0.243 e. The van der Waals surface area contributed by atoms with Gasteiger partial charge in [0.15, 0.2) is 0 Å². The Bertz CT molecular complexity index is 525. The molecular formula is C14H24N2O2S2. The van der Waals surface area contributed by atoms with Gasteiger partial charge in [-0.3, -0.25) is 0 Å². The molecule has 0 saturated carbocycles. The fourth-order valence-corrected chi connectivity index (χ4v) is 5.47. The van der Waals surface area contributed by atoms with E-state index >= 15 is 0 Å². The van der Waals surface area contributed by atoms with Crippen molar-refractivity contribution < 1.29 is 8.42 Å². The summed E-state index contributed by atoms with van der Waals surface area (Å²) in [6.07, 6.45) is 4.27. The minimum atomic E-state index is -3.30. The van der Waals surface area contributed by atoms with Crippen LogP contribution in [0.1, 0.15) is 37.5 Å². The molecule has 1 N–H and O–H groups in total. The molecule has 1 fully saturated rings. The molecule has 20 heavy (non-hydrogen) atoms. The first kappa shape index (κ1) is 15.9. The smallest absolute Gasteiger partial charge is 0.243 e. The summed E-state index contributed by atoms with van der Waals surface area (Å²) in [7, 11) is -1.43. The van der Waals surface area contributed by atoms with E-state index in [1.807, 2.05) is 7.05 Å². The van der Waals surface area contributed by atoms with Gasteiger partial charge in [0.05, 0.1) is 4.90 Å². The normalized spacial score (nSPS) is 21.8. The fourth-order valence-electron chi connectivity index (χ4n) is 2.70. The van der Waals surface area contributed by atoms with Crippen LogP contribution in [-0.2, 0) is 16.6 Å². The van der Waals surface area contributed by atoms with Crippen LogP contribution in [-0.4, -0.2) is 32.9 Å². The molecule has 0 bridgehead atoms. The molecule has 1 aliphatic rings. The fraction of sp³-hybridized carbons (Fsp3) is 0.714. The Labute approximate surface area is 126 Å². The van der Waals surface area contributed by atoms with Crippen molar-refractivity contribution in [1.29, 1.82) is 0 Å². The largest absolute Gasteiger partial charge is 0.315 e. The van der Waals surface area contributed by atoms with E-state index in [1.165, 1.54) is 11.3 Å². The molecule has 1 atom stereocenters. The van der Waals surface area contributed by atoms with E-state index in [0.717, 1.165) is 37.1 Å². The number of nitrogens with zero attached hydrogens (tertiary/aromatic N) is 1. The summed E-state index contributed by atoms with van der Waals surface area (Å²) in [5, 5.41) is 4.82. The number of sulfonamides is 1. The van der Waals surface area contributed by atoms with Gasteiger partial charge < -0.3 is 5.32 Å². The molecule has 0 aromatic carbocycles. The van der Waals surface area contributed by atoms with Crippen LogP contribution in [0.3, 0.4) is 0 Å². The molecule has 1 unspecified atom stereocenters. The monoisotopic (exact) mass is 316 g/mol. The van der Waals surface area contributed by atoms with Crippen molar-refractivity contribution in [2.45, 2.75) is 44.0 Å². The molecular weight excluding hydrogens is 292 g/mol. The lowest BCUT2D eigenvalue weighted by Crippen LogP contribution is -2.31. The van der Waals surface area contributed by atoms with Gasteiger partial charge in [-0.25, -0.2) is 8.42 Å². The lowest BCUT2D eigenvalue weighted by Gasteiger charge is -2.19. The average Bonchev–Trinajstić information content (AvgIpc) is 2.76. The lowest BCUT2D eigenvalue weighted by atomic mass is 9.98. The van der Waals surface area contributed by atoms with Crippen LogP contribution in [0.25, 0.3) is 0 Å². The molecule has 0 radical (unpaired) electrons. The van der Waals surface area contributed by atoms with Crippen molar-refractivity contribution in [2.75, 3.05) is 20.1 Å². The molecule has 1 aromatic rings. The minimum absolute atomic E-state index is 0.461. The van der Waals surface area contributed by atoms with Crippen LogP contribution in [0, 0.1) is 5.92 Å². The van der Waals surface area contributed by atoms with E-state index in [-0.39, 0.29) is 0 Å². The van der Waals surface area contributed by atoms with Crippen LogP contribution in [0.5, 0.6) is 0 Å². The number of hydrogen-bond donors (Lipinski definition) is 1. The Morgan fingerprint density at radius 2 is 2.20 bits per heavy atom. The molecule has 1 saturated heterocycles. The number of nitrogens with one attached hydrogen (secondary N) is 1. The highest BCUT2D eigenvalue weighted by molar-refractivity contribution is 7.89. The number of rotatable bonds is 5. The second-order valence-electron chi connectivity index (χ2n) is 5.39. The highest BCUT2D eigenvalue weighted by Gasteiger charge is 2.27. The van der Waals surface area contributed by atoms with E-state index in [0.29, 0.717) is 23.9 Å². The summed E-state index contributed by atoms with van der Waals surface area (Å²) in [5.41, 5.74) is 0. The molecule has 1 aliphatic heterocycles. The topological polar surface area (TPSA) is 49.4 Å². The number of thiophene rings is 1. The standard InChI is InChI=1S/C14H24N2O2S2/c1-3-12-5-4-7-16(8-6-12)20(17,18)14-9-13(10-15-2)19-11-14/h9,11-12,15H,3-8,10H2,1-2H3. The summed E-state index contributed by atoms with van der Waals surface area (Å²) in [6.45, 7) is 4.24. The van der Waals surface area contributed by atoms with Crippen molar-refractivity contribution in [3.8, 4) is 0 Å². The summed E-state index contributed by atoms with van der Waals surface area (Å²) in [4.78, 5) is 1.52. The van der Waals surface area contributed by atoms with Gasteiger partial charge >= 0.3 is 0 Å². The van der Waals surface area contributed by atoms with Crippen molar-refractivity contribution in [3.05, 3.63) is 16.3 Å². The first-order chi connectivity index (χ1) is 9.57. The first-order valence-corrected chi connectivity index (χ1v) is 9.62. The zero-order chi connectivity index (χ0) is 14.6. The van der Waals surface area contributed by atoms with E-state index in [1.54, 1.807) is 15.8 Å². The van der Waals surface area contributed by atoms with Gasteiger partial charge in [-0.1, -0.05) is 13.3 Å². The maximum absolute atomic E-state index is 12.7. The zero-order valence-electron chi connectivity index (χ0n) is 12.3. The van der Waals surface area contributed by atoms with Gasteiger partial charge in [-0.2, -0.15) is 4.31 Å². The molecule has 2 heterocycles. The maximum atomic E-state index is 12.7. The highest BCUT2D eigenvalue weighted by Crippen LogP contribution is 2.27. The van der Waals surface area contributed by atoms with Gasteiger partial charge in [0.25, 0.3) is 0 Å². The Hall–Kier alpha value is -0.430. The highest BCUT2D eigenvalue weighted by atomic mass is 32.2. The summed E-state index contributed by atoms with van der Waals surface area (Å²) >= 11 is 1.51. The van der Waals surface area contributed by atoms with Crippen molar-refractivity contribution in [1.82, 2.24) is 9.62 Å². The summed E-state index contributed by atoms with van der Waals surface area (Å²) in [6, 6.07) is 1.80. The van der Waals surface area contributed by atoms with E-state index in [2.05, 4.69) is 12.2 Å².